The van der Waals surface area contributed by atoms with Gasteiger partial charge in [0.05, 0.1) is 16.9 Å². The fourth-order valence-corrected chi connectivity index (χ4v) is 3.40. The van der Waals surface area contributed by atoms with Crippen LogP contribution < -0.4 is 0 Å². The van der Waals surface area contributed by atoms with Gasteiger partial charge in [-0.05, 0) is 18.9 Å². The normalized spacial score (nSPS) is 23.0. The number of carbonyl (C=O) groups excluding carboxylic acids is 2. The minimum Gasteiger partial charge on any atom is -0.322 e. The topological polar surface area (TPSA) is 40.6 Å². The summed E-state index contributed by atoms with van der Waals surface area (Å²) in [5.74, 6) is -0.136. The number of halogens is 1. The predicted octanol–water partition coefficient (Wildman–Crippen LogP) is 3.96. The van der Waals surface area contributed by atoms with E-state index in [1.165, 1.54) is 4.90 Å². The van der Waals surface area contributed by atoms with Gasteiger partial charge in [-0.2, -0.15) is 0 Å². The third kappa shape index (κ3) is 3.19. The Labute approximate surface area is 140 Å². The molecule has 1 aromatic carbocycles. The van der Waals surface area contributed by atoms with E-state index in [-0.39, 0.29) is 28.8 Å². The Bertz CT molecular complexity index is 535. The van der Waals surface area contributed by atoms with Crippen LogP contribution in [0.2, 0.25) is 0 Å². The maximum absolute atomic E-state index is 12.8. The first-order valence-electron chi connectivity index (χ1n) is 7.77. The van der Waals surface area contributed by atoms with Crippen molar-refractivity contribution in [1.82, 2.24) is 9.80 Å². The number of rotatable bonds is 5. The molecule has 3 atom stereocenters. The summed E-state index contributed by atoms with van der Waals surface area (Å²) in [6.45, 7) is 4.08. The number of imide groups is 1. The fraction of sp³-hybridized carbons (Fsp3) is 0.529. The predicted molar refractivity (Wildman–Crippen MR) is 90.9 cm³/mol. The lowest BCUT2D eigenvalue weighted by molar-refractivity contribution is -0.128. The molecule has 1 aliphatic heterocycles. The van der Waals surface area contributed by atoms with Crippen LogP contribution in [-0.4, -0.2) is 39.7 Å². The molecule has 120 valence electrons. The van der Waals surface area contributed by atoms with Gasteiger partial charge >= 0.3 is 6.03 Å². The second-order valence-corrected chi connectivity index (χ2v) is 6.91. The molecule has 1 aromatic rings. The highest BCUT2D eigenvalue weighted by Gasteiger charge is 2.46. The van der Waals surface area contributed by atoms with Crippen molar-refractivity contribution in [3.63, 3.8) is 0 Å². The minimum atomic E-state index is -0.304. The highest BCUT2D eigenvalue weighted by Crippen LogP contribution is 2.35. The van der Waals surface area contributed by atoms with Crippen LogP contribution in [0, 0.1) is 0 Å². The molecule has 1 heterocycles. The molecule has 0 unspecified atom stereocenters. The molecule has 5 heteroatoms. The Kier molecular flexibility index (Phi) is 5.62. The highest BCUT2D eigenvalue weighted by atomic mass is 79.9. The molecule has 1 aliphatic rings. The van der Waals surface area contributed by atoms with Crippen LogP contribution in [0.15, 0.2) is 30.3 Å². The lowest BCUT2D eigenvalue weighted by Gasteiger charge is -2.26. The summed E-state index contributed by atoms with van der Waals surface area (Å²) >= 11 is 3.46. The van der Waals surface area contributed by atoms with E-state index >= 15 is 0 Å². The van der Waals surface area contributed by atoms with Gasteiger partial charge in [-0.1, -0.05) is 66.0 Å². The molecule has 0 N–H and O–H groups in total. The van der Waals surface area contributed by atoms with Gasteiger partial charge in [0, 0.05) is 7.05 Å². The number of benzene rings is 1. The van der Waals surface area contributed by atoms with Crippen molar-refractivity contribution in [3.8, 4) is 0 Å². The third-order valence-corrected chi connectivity index (χ3v) is 5.16. The maximum Gasteiger partial charge on any atom is 0.327 e. The number of hydrogen-bond acceptors (Lipinski definition) is 2. The Hall–Kier alpha value is -1.36. The highest BCUT2D eigenvalue weighted by molar-refractivity contribution is 9.10. The van der Waals surface area contributed by atoms with E-state index in [0.29, 0.717) is 0 Å². The van der Waals surface area contributed by atoms with Gasteiger partial charge in [0.1, 0.15) is 0 Å². The Morgan fingerprint density at radius 3 is 2.55 bits per heavy atom. The fourth-order valence-electron chi connectivity index (χ4n) is 2.86. The van der Waals surface area contributed by atoms with Crippen molar-refractivity contribution in [2.24, 2.45) is 0 Å². The van der Waals surface area contributed by atoms with Gasteiger partial charge in [-0.3, -0.25) is 9.69 Å². The molecule has 3 amide bonds. The van der Waals surface area contributed by atoms with E-state index in [2.05, 4.69) is 22.9 Å². The smallest absolute Gasteiger partial charge is 0.322 e. The molecule has 0 saturated carbocycles. The Morgan fingerprint density at radius 2 is 1.95 bits per heavy atom. The number of alkyl halides is 1. The lowest BCUT2D eigenvalue weighted by atomic mass is 10.00. The van der Waals surface area contributed by atoms with Crippen LogP contribution in [0.25, 0.3) is 0 Å². The average Bonchev–Trinajstić information content (AvgIpc) is 2.76. The van der Waals surface area contributed by atoms with E-state index in [4.69, 9.17) is 0 Å². The minimum absolute atomic E-state index is 0.0373. The van der Waals surface area contributed by atoms with Crippen molar-refractivity contribution in [3.05, 3.63) is 35.9 Å². The first kappa shape index (κ1) is 17.0. The van der Waals surface area contributed by atoms with Crippen LogP contribution in [0.4, 0.5) is 4.79 Å². The van der Waals surface area contributed by atoms with Crippen molar-refractivity contribution in [2.75, 3.05) is 7.05 Å². The monoisotopic (exact) mass is 366 g/mol. The number of likely N-dealkylation sites (N-methyl/N-ethyl adjacent to an activating group) is 1. The van der Waals surface area contributed by atoms with E-state index in [1.807, 2.05) is 37.3 Å². The van der Waals surface area contributed by atoms with Crippen molar-refractivity contribution in [1.29, 1.82) is 0 Å². The summed E-state index contributed by atoms with van der Waals surface area (Å²) in [5.41, 5.74) is 0.997. The molecule has 0 aromatic heterocycles. The Morgan fingerprint density at radius 1 is 1.32 bits per heavy atom. The molecule has 0 bridgehead atoms. The van der Waals surface area contributed by atoms with Gasteiger partial charge in [0.15, 0.2) is 0 Å². The summed E-state index contributed by atoms with van der Waals surface area (Å²) in [6.07, 6.45) is 2.74. The molecule has 0 radical (unpaired) electrons. The molecule has 1 fully saturated rings. The summed E-state index contributed by atoms with van der Waals surface area (Å²) in [5, 5.41) is 0. The standard InChI is InChI=1S/C17H23BrN2O2/c1-4-5-11-14(18)16(21)20-15(12(2)19(3)17(20)22)13-9-7-6-8-10-13/h6-10,12,14-15H,4-5,11H2,1-3H3/t12-,14-,15-/m0/s1. The third-order valence-electron chi connectivity index (χ3n) is 4.31. The molecule has 0 aliphatic carbocycles. The molecule has 1 saturated heterocycles. The van der Waals surface area contributed by atoms with Crippen LogP contribution in [0.5, 0.6) is 0 Å². The molecular weight excluding hydrogens is 344 g/mol. The molecule has 22 heavy (non-hydrogen) atoms. The maximum atomic E-state index is 12.8. The largest absolute Gasteiger partial charge is 0.327 e. The van der Waals surface area contributed by atoms with Crippen molar-refractivity contribution in [2.45, 2.75) is 50.0 Å². The molecular formula is C17H23BrN2O2. The number of nitrogens with zero attached hydrogens (tertiary/aromatic N) is 2. The van der Waals surface area contributed by atoms with E-state index in [1.54, 1.807) is 11.9 Å². The first-order chi connectivity index (χ1) is 10.5. The Balaban J connectivity index is 2.29. The summed E-state index contributed by atoms with van der Waals surface area (Å²) in [6, 6.07) is 9.29. The number of hydrogen-bond donors (Lipinski definition) is 0. The van der Waals surface area contributed by atoms with Gasteiger partial charge in [0.25, 0.3) is 0 Å². The number of amides is 3. The zero-order valence-corrected chi connectivity index (χ0v) is 14.9. The van der Waals surface area contributed by atoms with E-state index < -0.39 is 0 Å². The number of unbranched alkanes of at least 4 members (excludes halogenated alkanes) is 1. The van der Waals surface area contributed by atoms with Crippen LogP contribution in [0.1, 0.15) is 44.7 Å². The van der Waals surface area contributed by atoms with Crippen molar-refractivity contribution < 1.29 is 9.59 Å². The van der Waals surface area contributed by atoms with Gasteiger partial charge in [-0.25, -0.2) is 4.79 Å². The molecule has 4 nitrogen and oxygen atoms in total. The summed E-state index contributed by atoms with van der Waals surface area (Å²) in [4.78, 5) is 28.1. The van der Waals surface area contributed by atoms with E-state index in [9.17, 15) is 9.59 Å². The summed E-state index contributed by atoms with van der Waals surface area (Å²) in [7, 11) is 1.76. The quantitative estimate of drug-likeness (QED) is 0.739. The van der Waals surface area contributed by atoms with Crippen molar-refractivity contribution >= 4 is 27.9 Å². The zero-order chi connectivity index (χ0) is 16.3. The van der Waals surface area contributed by atoms with Crippen LogP contribution in [-0.2, 0) is 4.79 Å². The molecule has 0 spiro atoms. The number of urea groups is 1. The van der Waals surface area contributed by atoms with Gasteiger partial charge < -0.3 is 4.90 Å². The average molecular weight is 367 g/mol. The van der Waals surface area contributed by atoms with Gasteiger partial charge in [-0.15, -0.1) is 0 Å². The van der Waals surface area contributed by atoms with E-state index in [0.717, 1.165) is 24.8 Å². The second-order valence-electron chi connectivity index (χ2n) is 5.81. The zero-order valence-electron chi connectivity index (χ0n) is 13.3. The van der Waals surface area contributed by atoms with Crippen LogP contribution >= 0.6 is 15.9 Å². The van der Waals surface area contributed by atoms with Crippen LogP contribution in [0.3, 0.4) is 0 Å². The van der Waals surface area contributed by atoms with Gasteiger partial charge in [0.2, 0.25) is 5.91 Å². The first-order valence-corrected chi connectivity index (χ1v) is 8.69. The number of carbonyl (C=O) groups is 2. The SMILES string of the molecule is CCCC[C@H](Br)C(=O)N1C(=O)N(C)[C@@H](C)[C@H]1c1ccccc1. The molecule has 2 rings (SSSR count). The second kappa shape index (κ2) is 7.27. The lowest BCUT2D eigenvalue weighted by Crippen LogP contribution is -2.40. The summed E-state index contributed by atoms with van der Waals surface area (Å²) < 4.78 is 0.